The van der Waals surface area contributed by atoms with E-state index in [1.165, 1.54) is 4.90 Å². The molecule has 1 aliphatic heterocycles. The maximum Gasteiger partial charge on any atom is 0.410 e. The van der Waals surface area contributed by atoms with Crippen LogP contribution in [-0.2, 0) is 19.6 Å². The molecule has 2 amide bonds. The average molecular weight is 292 g/mol. The van der Waals surface area contributed by atoms with Crippen LogP contribution in [0.2, 0.25) is 0 Å². The number of rotatable bonds is 2. The number of nitrogens with one attached hydrogen (secondary N) is 1. The summed E-state index contributed by atoms with van der Waals surface area (Å²) in [5.74, 6) is -1.09. The minimum atomic E-state index is -3.56. The fourth-order valence-electron chi connectivity index (χ4n) is 1.73. The molecule has 0 saturated carbocycles. The summed E-state index contributed by atoms with van der Waals surface area (Å²) in [7, 11) is -3.56. The Balaban J connectivity index is 2.54. The van der Waals surface area contributed by atoms with Gasteiger partial charge in [-0.2, -0.15) is 0 Å². The van der Waals surface area contributed by atoms with E-state index in [0.717, 1.165) is 6.26 Å². The highest BCUT2D eigenvalue weighted by Crippen LogP contribution is 2.19. The van der Waals surface area contributed by atoms with Gasteiger partial charge in [-0.15, -0.1) is 0 Å². The Morgan fingerprint density at radius 2 is 1.89 bits per heavy atom. The van der Waals surface area contributed by atoms with Gasteiger partial charge in [0.15, 0.2) is 0 Å². The zero-order chi connectivity index (χ0) is 14.8. The second kappa shape index (κ2) is 5.36. The molecule has 1 saturated heterocycles. The highest BCUT2D eigenvalue weighted by atomic mass is 32.2. The molecule has 0 aromatic carbocycles. The van der Waals surface area contributed by atoms with Crippen LogP contribution in [0, 0.1) is 5.92 Å². The first-order chi connectivity index (χ1) is 8.48. The number of hydrogen-bond acceptors (Lipinski definition) is 5. The number of nitrogens with zero attached hydrogens (tertiary/aromatic N) is 1. The molecule has 1 fully saturated rings. The average Bonchev–Trinajstić information content (AvgIpc) is 2.60. The van der Waals surface area contributed by atoms with E-state index in [0.29, 0.717) is 13.0 Å². The lowest BCUT2D eigenvalue weighted by Crippen LogP contribution is -2.38. The van der Waals surface area contributed by atoms with Crippen LogP contribution in [0.3, 0.4) is 0 Å². The number of carbonyl (C=O) groups is 2. The molecular weight excluding hydrogens is 272 g/mol. The summed E-state index contributed by atoms with van der Waals surface area (Å²) in [6.45, 7) is 5.84. The molecule has 1 heterocycles. The minimum absolute atomic E-state index is 0.177. The van der Waals surface area contributed by atoms with Crippen molar-refractivity contribution in [3.63, 3.8) is 0 Å². The second-order valence-electron chi connectivity index (χ2n) is 5.65. The van der Waals surface area contributed by atoms with Gasteiger partial charge in [0.1, 0.15) is 5.60 Å². The van der Waals surface area contributed by atoms with Crippen molar-refractivity contribution in [2.45, 2.75) is 32.8 Å². The molecule has 1 rings (SSSR count). The maximum atomic E-state index is 11.8. The summed E-state index contributed by atoms with van der Waals surface area (Å²) in [6.07, 6.45) is 0.869. The largest absolute Gasteiger partial charge is 0.444 e. The van der Waals surface area contributed by atoms with Crippen LogP contribution in [-0.4, -0.2) is 50.3 Å². The second-order valence-corrected chi connectivity index (χ2v) is 7.40. The SMILES string of the molecule is CC(C)(C)OC(=O)N1CC[C@H](C(=O)NS(C)(=O)=O)C1. The van der Waals surface area contributed by atoms with Crippen LogP contribution in [0.5, 0.6) is 0 Å². The summed E-state index contributed by atoms with van der Waals surface area (Å²) < 4.78 is 29.0. The molecule has 7 nitrogen and oxygen atoms in total. The molecule has 0 spiro atoms. The monoisotopic (exact) mass is 292 g/mol. The van der Waals surface area contributed by atoms with Gasteiger partial charge in [0.25, 0.3) is 0 Å². The zero-order valence-corrected chi connectivity index (χ0v) is 12.4. The van der Waals surface area contributed by atoms with Crippen molar-refractivity contribution in [3.05, 3.63) is 0 Å². The van der Waals surface area contributed by atoms with Crippen molar-refractivity contribution in [3.8, 4) is 0 Å². The van der Waals surface area contributed by atoms with Crippen molar-refractivity contribution in [2.24, 2.45) is 5.92 Å². The van der Waals surface area contributed by atoms with Crippen LogP contribution in [0.4, 0.5) is 4.79 Å². The molecule has 0 aliphatic carbocycles. The van der Waals surface area contributed by atoms with Crippen molar-refractivity contribution in [1.29, 1.82) is 0 Å². The van der Waals surface area contributed by atoms with E-state index >= 15 is 0 Å². The van der Waals surface area contributed by atoms with Gasteiger partial charge in [0, 0.05) is 13.1 Å². The lowest BCUT2D eigenvalue weighted by Gasteiger charge is -2.24. The quantitative estimate of drug-likeness (QED) is 0.791. The normalized spacial score (nSPS) is 20.2. The number of carbonyl (C=O) groups excluding carboxylic acids is 2. The molecule has 19 heavy (non-hydrogen) atoms. The fourth-order valence-corrected chi connectivity index (χ4v) is 2.26. The highest BCUT2D eigenvalue weighted by molar-refractivity contribution is 7.89. The molecular formula is C11H20N2O5S. The van der Waals surface area contributed by atoms with Gasteiger partial charge in [0.2, 0.25) is 15.9 Å². The van der Waals surface area contributed by atoms with E-state index in [-0.39, 0.29) is 6.54 Å². The summed E-state index contributed by atoms with van der Waals surface area (Å²) in [6, 6.07) is 0. The predicted molar refractivity (Wildman–Crippen MR) is 68.9 cm³/mol. The summed E-state index contributed by atoms with van der Waals surface area (Å²) >= 11 is 0. The first kappa shape index (κ1) is 15.7. The van der Waals surface area contributed by atoms with Crippen LogP contribution in [0.15, 0.2) is 0 Å². The van der Waals surface area contributed by atoms with Gasteiger partial charge in [-0.25, -0.2) is 13.2 Å². The van der Waals surface area contributed by atoms with Crippen molar-refractivity contribution >= 4 is 22.0 Å². The van der Waals surface area contributed by atoms with Crippen LogP contribution < -0.4 is 4.72 Å². The standard InChI is InChI=1S/C11H20N2O5S/c1-11(2,3)18-10(15)13-6-5-8(7-13)9(14)12-19(4,16)17/h8H,5-7H2,1-4H3,(H,12,14)/t8-/m0/s1. The van der Waals surface area contributed by atoms with Gasteiger partial charge in [-0.1, -0.05) is 0 Å². The van der Waals surface area contributed by atoms with Gasteiger partial charge in [-0.3, -0.25) is 9.52 Å². The van der Waals surface area contributed by atoms with Crippen LogP contribution in [0.25, 0.3) is 0 Å². The Hall–Kier alpha value is -1.31. The third kappa shape index (κ3) is 5.46. The number of likely N-dealkylation sites (tertiary alicyclic amines) is 1. The molecule has 0 aromatic rings. The molecule has 0 unspecified atom stereocenters. The molecule has 1 atom stereocenters. The predicted octanol–water partition coefficient (Wildman–Crippen LogP) is 0.319. The minimum Gasteiger partial charge on any atom is -0.444 e. The zero-order valence-electron chi connectivity index (χ0n) is 11.6. The van der Waals surface area contributed by atoms with Crippen LogP contribution >= 0.6 is 0 Å². The Kier molecular flexibility index (Phi) is 4.44. The first-order valence-electron chi connectivity index (χ1n) is 5.97. The van der Waals surface area contributed by atoms with Gasteiger partial charge >= 0.3 is 6.09 Å². The maximum absolute atomic E-state index is 11.8. The first-order valence-corrected chi connectivity index (χ1v) is 7.86. The lowest BCUT2D eigenvalue weighted by molar-refractivity contribution is -0.122. The summed E-state index contributed by atoms with van der Waals surface area (Å²) in [5.41, 5.74) is -0.593. The number of ether oxygens (including phenoxy) is 1. The number of sulfonamides is 1. The van der Waals surface area contributed by atoms with E-state index in [2.05, 4.69) is 0 Å². The number of hydrogen-bond donors (Lipinski definition) is 1. The van der Waals surface area contributed by atoms with Gasteiger partial charge in [-0.05, 0) is 27.2 Å². The van der Waals surface area contributed by atoms with Gasteiger partial charge in [0.05, 0.1) is 12.2 Å². The fraction of sp³-hybridized carbons (Fsp3) is 0.818. The molecule has 8 heteroatoms. The smallest absolute Gasteiger partial charge is 0.410 e. The molecule has 0 radical (unpaired) electrons. The molecule has 0 bridgehead atoms. The Morgan fingerprint density at radius 3 is 2.37 bits per heavy atom. The Morgan fingerprint density at radius 1 is 1.32 bits per heavy atom. The van der Waals surface area contributed by atoms with E-state index in [4.69, 9.17) is 4.74 Å². The van der Waals surface area contributed by atoms with E-state index in [1.54, 1.807) is 20.8 Å². The summed E-state index contributed by atoms with van der Waals surface area (Å²) in [5, 5.41) is 0. The van der Waals surface area contributed by atoms with E-state index in [1.807, 2.05) is 4.72 Å². The van der Waals surface area contributed by atoms with Crippen molar-refractivity contribution in [2.75, 3.05) is 19.3 Å². The number of amides is 2. The molecule has 110 valence electrons. The molecule has 1 aliphatic rings. The highest BCUT2D eigenvalue weighted by Gasteiger charge is 2.34. The van der Waals surface area contributed by atoms with Gasteiger partial charge < -0.3 is 9.64 Å². The van der Waals surface area contributed by atoms with Crippen LogP contribution in [0.1, 0.15) is 27.2 Å². The molecule has 0 aromatic heterocycles. The Bertz CT molecular complexity index is 466. The van der Waals surface area contributed by atoms with E-state index in [9.17, 15) is 18.0 Å². The lowest BCUT2D eigenvalue weighted by atomic mass is 10.1. The van der Waals surface area contributed by atoms with Crippen molar-refractivity contribution in [1.82, 2.24) is 9.62 Å². The van der Waals surface area contributed by atoms with Crippen molar-refractivity contribution < 1.29 is 22.7 Å². The van der Waals surface area contributed by atoms with E-state index < -0.39 is 33.5 Å². The third-order valence-corrected chi connectivity index (χ3v) is 3.07. The summed E-state index contributed by atoms with van der Waals surface area (Å²) in [4.78, 5) is 24.8. The third-order valence-electron chi connectivity index (χ3n) is 2.50. The Labute approximate surface area is 113 Å². The topological polar surface area (TPSA) is 92.8 Å². The molecule has 1 N–H and O–H groups in total.